The highest BCUT2D eigenvalue weighted by Crippen LogP contribution is 2.32. The zero-order valence-corrected chi connectivity index (χ0v) is 18.3. The van der Waals surface area contributed by atoms with E-state index in [0.717, 1.165) is 5.56 Å². The first-order chi connectivity index (χ1) is 16.5. The molecule has 0 saturated carbocycles. The molecule has 4 heterocycles. The number of carbonyl (C=O) groups is 2. The summed E-state index contributed by atoms with van der Waals surface area (Å²) in [5.74, 6) is 1.10. The molecule has 34 heavy (non-hydrogen) atoms. The van der Waals surface area contributed by atoms with Gasteiger partial charge in [0.15, 0.2) is 0 Å². The standard InChI is InChI=1S/C24H22N8O2/c1-2-19(33)30-13-14-31(15-30)24-29-20(21-22(25)27-11-12-32(21)24)16-6-8-17(9-7-16)23(34)28-18-5-3-4-10-26-18/h2-12H,1,13-15H2,(H2,25,27)(H,26,28,34). The number of hydrogen-bond donors (Lipinski definition) is 2. The quantitative estimate of drug-likeness (QED) is 0.444. The highest BCUT2D eigenvalue weighted by molar-refractivity contribution is 6.04. The molecule has 2 amide bonds. The number of fused-ring (bicyclic) bond motifs is 1. The van der Waals surface area contributed by atoms with Gasteiger partial charge in [0.05, 0.1) is 6.67 Å². The topological polar surface area (TPSA) is 122 Å². The minimum absolute atomic E-state index is 0.121. The lowest BCUT2D eigenvalue weighted by atomic mass is 10.1. The molecule has 10 nitrogen and oxygen atoms in total. The van der Waals surface area contributed by atoms with Crippen LogP contribution in [0.2, 0.25) is 0 Å². The van der Waals surface area contributed by atoms with Gasteiger partial charge in [0.1, 0.15) is 22.8 Å². The van der Waals surface area contributed by atoms with Crippen LogP contribution in [0.4, 0.5) is 17.6 Å². The Kier molecular flexibility index (Phi) is 5.38. The lowest BCUT2D eigenvalue weighted by Crippen LogP contribution is -2.30. The van der Waals surface area contributed by atoms with E-state index in [4.69, 9.17) is 10.7 Å². The van der Waals surface area contributed by atoms with Crippen LogP contribution < -0.4 is 16.0 Å². The summed E-state index contributed by atoms with van der Waals surface area (Å²) in [6.07, 6.45) is 6.34. The van der Waals surface area contributed by atoms with Crippen molar-refractivity contribution in [1.29, 1.82) is 0 Å². The van der Waals surface area contributed by atoms with Gasteiger partial charge in [-0.2, -0.15) is 0 Å². The molecule has 170 valence electrons. The van der Waals surface area contributed by atoms with Crippen molar-refractivity contribution in [3.8, 4) is 11.3 Å². The first-order valence-corrected chi connectivity index (χ1v) is 10.7. The molecule has 3 N–H and O–H groups in total. The molecule has 0 atom stereocenters. The summed E-state index contributed by atoms with van der Waals surface area (Å²) < 4.78 is 1.88. The molecule has 1 aromatic carbocycles. The third-order valence-corrected chi connectivity index (χ3v) is 5.64. The average Bonchev–Trinajstić information content (AvgIpc) is 3.50. The van der Waals surface area contributed by atoms with Gasteiger partial charge in [0, 0.05) is 42.8 Å². The number of aromatic nitrogens is 4. The van der Waals surface area contributed by atoms with Gasteiger partial charge in [-0.05, 0) is 30.3 Å². The predicted molar refractivity (Wildman–Crippen MR) is 129 cm³/mol. The van der Waals surface area contributed by atoms with Crippen molar-refractivity contribution in [3.63, 3.8) is 0 Å². The molecule has 5 rings (SSSR count). The second-order valence-corrected chi connectivity index (χ2v) is 7.75. The van der Waals surface area contributed by atoms with Crippen LogP contribution in [-0.4, -0.2) is 55.8 Å². The number of imidazole rings is 1. The molecule has 3 aromatic heterocycles. The highest BCUT2D eigenvalue weighted by Gasteiger charge is 2.27. The van der Waals surface area contributed by atoms with E-state index in [9.17, 15) is 9.59 Å². The molecule has 4 aromatic rings. The SMILES string of the molecule is C=CC(=O)N1CCN(c2nc(-c3ccc(C(=O)Nc4ccccn4)cc3)c3c(N)nccn23)C1. The van der Waals surface area contributed by atoms with Gasteiger partial charge < -0.3 is 20.9 Å². The maximum Gasteiger partial charge on any atom is 0.256 e. The fraction of sp³-hybridized carbons (Fsp3) is 0.125. The fourth-order valence-electron chi connectivity index (χ4n) is 3.94. The number of nitrogens with one attached hydrogen (secondary N) is 1. The van der Waals surface area contributed by atoms with Gasteiger partial charge in [-0.3, -0.25) is 14.0 Å². The van der Waals surface area contributed by atoms with E-state index in [2.05, 4.69) is 21.9 Å². The molecule has 0 spiro atoms. The Morgan fingerprint density at radius 3 is 2.62 bits per heavy atom. The fourth-order valence-corrected chi connectivity index (χ4v) is 3.94. The van der Waals surface area contributed by atoms with Crippen LogP contribution >= 0.6 is 0 Å². The van der Waals surface area contributed by atoms with Crippen molar-refractivity contribution in [2.45, 2.75) is 0 Å². The third kappa shape index (κ3) is 3.81. The largest absolute Gasteiger partial charge is 0.382 e. The molecule has 0 bridgehead atoms. The zero-order chi connectivity index (χ0) is 23.7. The van der Waals surface area contributed by atoms with E-state index in [1.807, 2.05) is 21.4 Å². The Balaban J connectivity index is 1.46. The van der Waals surface area contributed by atoms with Gasteiger partial charge in [0.25, 0.3) is 5.91 Å². The van der Waals surface area contributed by atoms with E-state index in [0.29, 0.717) is 54.1 Å². The van der Waals surface area contributed by atoms with E-state index in [1.54, 1.807) is 53.8 Å². The number of hydrogen-bond acceptors (Lipinski definition) is 7. The van der Waals surface area contributed by atoms with E-state index >= 15 is 0 Å². The van der Waals surface area contributed by atoms with Crippen molar-refractivity contribution in [2.75, 3.05) is 35.7 Å². The zero-order valence-electron chi connectivity index (χ0n) is 18.3. The van der Waals surface area contributed by atoms with E-state index < -0.39 is 0 Å². The number of carbonyl (C=O) groups excluding carboxylic acids is 2. The Morgan fingerprint density at radius 2 is 1.88 bits per heavy atom. The van der Waals surface area contributed by atoms with Crippen LogP contribution in [-0.2, 0) is 4.79 Å². The summed E-state index contributed by atoms with van der Waals surface area (Å²) in [5.41, 5.74) is 8.81. The molecular formula is C24H22N8O2. The van der Waals surface area contributed by atoms with Crippen molar-refractivity contribution in [1.82, 2.24) is 24.3 Å². The normalized spacial score (nSPS) is 13.3. The monoisotopic (exact) mass is 454 g/mol. The van der Waals surface area contributed by atoms with Gasteiger partial charge in [-0.15, -0.1) is 0 Å². The highest BCUT2D eigenvalue weighted by atomic mass is 16.2. The van der Waals surface area contributed by atoms with Crippen molar-refractivity contribution < 1.29 is 9.59 Å². The Morgan fingerprint density at radius 1 is 1.06 bits per heavy atom. The lowest BCUT2D eigenvalue weighted by Gasteiger charge is -2.17. The number of rotatable bonds is 5. The van der Waals surface area contributed by atoms with Gasteiger partial charge in [-0.25, -0.2) is 15.0 Å². The van der Waals surface area contributed by atoms with Crippen molar-refractivity contribution in [3.05, 3.63) is 79.3 Å². The Bertz CT molecular complexity index is 1380. The van der Waals surface area contributed by atoms with Crippen LogP contribution in [0.5, 0.6) is 0 Å². The smallest absolute Gasteiger partial charge is 0.256 e. The molecule has 0 aliphatic carbocycles. The van der Waals surface area contributed by atoms with Crippen LogP contribution in [0.15, 0.2) is 73.7 Å². The van der Waals surface area contributed by atoms with E-state index in [1.165, 1.54) is 6.08 Å². The third-order valence-electron chi connectivity index (χ3n) is 5.64. The number of benzene rings is 1. The second kappa shape index (κ2) is 8.66. The first kappa shape index (κ1) is 21.1. The first-order valence-electron chi connectivity index (χ1n) is 10.7. The van der Waals surface area contributed by atoms with Gasteiger partial charge in [0.2, 0.25) is 11.9 Å². The van der Waals surface area contributed by atoms with Crippen LogP contribution in [0, 0.1) is 0 Å². The summed E-state index contributed by atoms with van der Waals surface area (Å²) in [4.78, 5) is 41.5. The summed E-state index contributed by atoms with van der Waals surface area (Å²) >= 11 is 0. The van der Waals surface area contributed by atoms with Gasteiger partial charge in [-0.1, -0.05) is 24.8 Å². The average molecular weight is 454 g/mol. The molecule has 1 fully saturated rings. The molecular weight excluding hydrogens is 432 g/mol. The van der Waals surface area contributed by atoms with E-state index in [-0.39, 0.29) is 11.8 Å². The molecule has 0 unspecified atom stereocenters. The number of pyridine rings is 1. The van der Waals surface area contributed by atoms with Crippen LogP contribution in [0.25, 0.3) is 16.8 Å². The molecule has 10 heteroatoms. The number of nitrogens with zero attached hydrogens (tertiary/aromatic N) is 6. The number of anilines is 3. The van der Waals surface area contributed by atoms with Crippen molar-refractivity contribution in [2.24, 2.45) is 0 Å². The maximum absolute atomic E-state index is 12.6. The summed E-state index contributed by atoms with van der Waals surface area (Å²) in [6, 6.07) is 12.4. The molecule has 1 aliphatic rings. The molecule has 1 saturated heterocycles. The van der Waals surface area contributed by atoms with Gasteiger partial charge >= 0.3 is 0 Å². The van der Waals surface area contributed by atoms with Crippen molar-refractivity contribution >= 4 is 34.9 Å². The minimum Gasteiger partial charge on any atom is -0.382 e. The summed E-state index contributed by atoms with van der Waals surface area (Å²) in [7, 11) is 0. The predicted octanol–water partition coefficient (Wildman–Crippen LogP) is 2.42. The molecule has 0 radical (unpaired) electrons. The van der Waals surface area contributed by atoms with Crippen LogP contribution in [0.3, 0.4) is 0 Å². The van der Waals surface area contributed by atoms with Crippen LogP contribution in [0.1, 0.15) is 10.4 Å². The lowest BCUT2D eigenvalue weighted by molar-refractivity contribution is -0.124. The minimum atomic E-state index is -0.258. The summed E-state index contributed by atoms with van der Waals surface area (Å²) in [5, 5.41) is 2.77. The maximum atomic E-state index is 12.6. The Labute approximate surface area is 195 Å². The number of nitrogen functional groups attached to an aromatic ring is 1. The second-order valence-electron chi connectivity index (χ2n) is 7.75. The Hall–Kier alpha value is -4.73. The number of nitrogens with two attached hydrogens (primary N) is 1. The summed E-state index contributed by atoms with van der Waals surface area (Å²) in [6.45, 7) is 5.18. The molecule has 1 aliphatic heterocycles. The number of amides is 2.